The molecule has 1 aromatic rings. The number of hydrogen-bond acceptors (Lipinski definition) is 2. The van der Waals surface area contributed by atoms with Crippen LogP contribution in [0.25, 0.3) is 0 Å². The molecule has 0 amide bonds. The predicted octanol–water partition coefficient (Wildman–Crippen LogP) is 1.52. The van der Waals surface area contributed by atoms with Crippen LogP contribution in [-0.2, 0) is 0 Å². The van der Waals surface area contributed by atoms with E-state index in [1.807, 2.05) is 0 Å². The minimum atomic E-state index is -0.470. The monoisotopic (exact) mass is 193 g/mol. The molecule has 0 radical (unpaired) electrons. The molecule has 0 unspecified atom stereocenters. The lowest BCUT2D eigenvalue weighted by molar-refractivity contribution is 0.629. The van der Waals surface area contributed by atoms with Gasteiger partial charge in [0, 0.05) is 7.05 Å². The van der Waals surface area contributed by atoms with E-state index in [2.05, 4.69) is 16.9 Å². The van der Waals surface area contributed by atoms with Crippen LogP contribution in [0.5, 0.6) is 0 Å². The van der Waals surface area contributed by atoms with Crippen LogP contribution in [-0.4, -0.2) is 12.9 Å². The van der Waals surface area contributed by atoms with Gasteiger partial charge in [-0.2, -0.15) is 0 Å². The van der Waals surface area contributed by atoms with Gasteiger partial charge in [0.05, 0.1) is 11.3 Å². The van der Waals surface area contributed by atoms with Crippen LogP contribution in [0.1, 0.15) is 5.56 Å². The van der Waals surface area contributed by atoms with Crippen LogP contribution in [0.3, 0.4) is 0 Å². The molecule has 0 spiro atoms. The summed E-state index contributed by atoms with van der Waals surface area (Å²) in [6.07, 6.45) is 1.44. The molecule has 1 rings (SSSR count). The molecule has 0 aliphatic heterocycles. The van der Waals surface area contributed by atoms with Crippen molar-refractivity contribution < 1.29 is 4.39 Å². The van der Waals surface area contributed by atoms with Gasteiger partial charge in [-0.25, -0.2) is 4.39 Å². The third kappa shape index (κ3) is 1.90. The van der Waals surface area contributed by atoms with Crippen molar-refractivity contribution in [3.05, 3.63) is 42.4 Å². The second kappa shape index (κ2) is 4.41. The van der Waals surface area contributed by atoms with E-state index in [0.717, 1.165) is 0 Å². The van der Waals surface area contributed by atoms with Crippen molar-refractivity contribution in [2.24, 2.45) is 4.99 Å². The number of anilines is 1. The van der Waals surface area contributed by atoms with Gasteiger partial charge >= 0.3 is 0 Å². The van der Waals surface area contributed by atoms with Gasteiger partial charge in [-0.05, 0) is 18.3 Å². The Labute approximate surface area is 82.2 Å². The van der Waals surface area contributed by atoms with Crippen molar-refractivity contribution in [3.8, 4) is 0 Å². The quantitative estimate of drug-likeness (QED) is 0.425. The summed E-state index contributed by atoms with van der Waals surface area (Å²) in [7, 11) is 1.56. The Morgan fingerprint density at radius 2 is 2.36 bits per heavy atom. The normalized spacial score (nSPS) is 11.1. The maximum absolute atomic E-state index is 13.5. The number of nitrogens with two attached hydrogens (primary N) is 1. The first kappa shape index (κ1) is 10.2. The molecule has 74 valence electrons. The van der Waals surface area contributed by atoms with Crippen LogP contribution < -0.4 is 11.1 Å². The lowest BCUT2D eigenvalue weighted by atomic mass is 10.1. The maximum atomic E-state index is 13.5. The summed E-state index contributed by atoms with van der Waals surface area (Å²) in [6, 6.07) is 4.77. The smallest absolute Gasteiger partial charge is 0.156 e. The van der Waals surface area contributed by atoms with Crippen LogP contribution in [0.4, 0.5) is 10.1 Å². The van der Waals surface area contributed by atoms with Crippen molar-refractivity contribution in [2.75, 3.05) is 12.8 Å². The molecule has 0 heterocycles. The molecule has 0 bridgehead atoms. The lowest BCUT2D eigenvalue weighted by Crippen LogP contribution is -2.20. The first-order valence-electron chi connectivity index (χ1n) is 4.09. The minimum Gasteiger partial charge on any atom is -0.396 e. The Morgan fingerprint density at radius 1 is 1.64 bits per heavy atom. The largest absolute Gasteiger partial charge is 0.396 e. The van der Waals surface area contributed by atoms with Crippen molar-refractivity contribution in [3.63, 3.8) is 0 Å². The second-order valence-corrected chi connectivity index (χ2v) is 2.63. The highest BCUT2D eigenvalue weighted by molar-refractivity contribution is 6.00. The molecule has 0 aromatic heterocycles. The zero-order chi connectivity index (χ0) is 10.6. The Bertz CT molecular complexity index is 372. The first-order chi connectivity index (χ1) is 6.70. The Morgan fingerprint density at radius 3 is 2.93 bits per heavy atom. The van der Waals surface area contributed by atoms with E-state index in [4.69, 9.17) is 5.73 Å². The van der Waals surface area contributed by atoms with Gasteiger partial charge < -0.3 is 11.1 Å². The third-order valence-electron chi connectivity index (χ3n) is 1.75. The fourth-order valence-electron chi connectivity index (χ4n) is 1.09. The molecule has 4 heteroatoms. The van der Waals surface area contributed by atoms with Crippen molar-refractivity contribution in [1.82, 2.24) is 5.32 Å². The van der Waals surface area contributed by atoms with Crippen molar-refractivity contribution in [2.45, 2.75) is 0 Å². The molecule has 0 saturated carbocycles. The minimum absolute atomic E-state index is 0.106. The Kier molecular flexibility index (Phi) is 3.23. The average molecular weight is 193 g/mol. The van der Waals surface area contributed by atoms with Gasteiger partial charge in [-0.1, -0.05) is 12.6 Å². The molecule has 0 fully saturated rings. The molecule has 0 atom stereocenters. The lowest BCUT2D eigenvalue weighted by Gasteiger charge is -2.07. The molecule has 0 aliphatic carbocycles. The van der Waals surface area contributed by atoms with Gasteiger partial charge in [0.2, 0.25) is 0 Å². The molecule has 0 aliphatic rings. The Balaban J connectivity index is 3.17. The predicted molar refractivity (Wildman–Crippen MR) is 56.6 cm³/mol. The van der Waals surface area contributed by atoms with Gasteiger partial charge in [0.15, 0.2) is 5.82 Å². The van der Waals surface area contributed by atoms with Crippen LogP contribution >= 0.6 is 0 Å². The molecule has 3 N–H and O–H groups in total. The van der Waals surface area contributed by atoms with Crippen LogP contribution in [0.2, 0.25) is 0 Å². The summed E-state index contributed by atoms with van der Waals surface area (Å²) in [4.78, 5) is 3.89. The summed E-state index contributed by atoms with van der Waals surface area (Å²) in [5, 5.41) is 2.73. The number of benzene rings is 1. The van der Waals surface area contributed by atoms with Gasteiger partial charge in [0.25, 0.3) is 0 Å². The van der Waals surface area contributed by atoms with Gasteiger partial charge in [-0.3, -0.25) is 4.99 Å². The van der Waals surface area contributed by atoms with Crippen LogP contribution in [0, 0.1) is 5.82 Å². The molecular formula is C10H12FN3. The number of nitrogen functional groups attached to an aromatic ring is 1. The molecule has 0 saturated heterocycles. The highest BCUT2D eigenvalue weighted by Crippen LogP contribution is 2.14. The third-order valence-corrected chi connectivity index (χ3v) is 1.75. The van der Waals surface area contributed by atoms with E-state index in [1.165, 1.54) is 12.3 Å². The molecule has 1 aromatic carbocycles. The number of halogens is 1. The fourth-order valence-corrected chi connectivity index (χ4v) is 1.09. The Hall–Kier alpha value is -1.84. The van der Waals surface area contributed by atoms with E-state index in [0.29, 0.717) is 11.4 Å². The highest BCUT2D eigenvalue weighted by atomic mass is 19.1. The number of aliphatic imine (C=N–C) groups is 1. The topological polar surface area (TPSA) is 50.4 Å². The standard InChI is InChI=1S/C10H12FN3/c1-3-14-10(13-2)7-5-4-6-8(12)9(7)11/h3-6H,1,12H2,2H3,(H,13,14). The maximum Gasteiger partial charge on any atom is 0.156 e. The summed E-state index contributed by atoms with van der Waals surface area (Å²) in [5.41, 5.74) is 5.87. The number of rotatable bonds is 2. The van der Waals surface area contributed by atoms with E-state index < -0.39 is 5.82 Å². The zero-order valence-corrected chi connectivity index (χ0v) is 7.92. The number of amidine groups is 1. The zero-order valence-electron chi connectivity index (χ0n) is 7.92. The van der Waals surface area contributed by atoms with E-state index >= 15 is 0 Å². The van der Waals surface area contributed by atoms with Crippen molar-refractivity contribution >= 4 is 11.5 Å². The van der Waals surface area contributed by atoms with Gasteiger partial charge in [-0.15, -0.1) is 0 Å². The first-order valence-corrected chi connectivity index (χ1v) is 4.09. The molecule has 3 nitrogen and oxygen atoms in total. The van der Waals surface area contributed by atoms with E-state index in [-0.39, 0.29) is 5.69 Å². The fraction of sp³-hybridized carbons (Fsp3) is 0.100. The van der Waals surface area contributed by atoms with E-state index in [9.17, 15) is 4.39 Å². The van der Waals surface area contributed by atoms with Gasteiger partial charge in [0.1, 0.15) is 5.84 Å². The van der Waals surface area contributed by atoms with E-state index in [1.54, 1.807) is 19.2 Å². The number of hydrogen-bond donors (Lipinski definition) is 2. The van der Waals surface area contributed by atoms with Crippen LogP contribution in [0.15, 0.2) is 36.0 Å². The second-order valence-electron chi connectivity index (χ2n) is 2.63. The molecule has 14 heavy (non-hydrogen) atoms. The highest BCUT2D eigenvalue weighted by Gasteiger charge is 2.09. The number of nitrogens with one attached hydrogen (secondary N) is 1. The van der Waals surface area contributed by atoms with Crippen molar-refractivity contribution in [1.29, 1.82) is 0 Å². The number of nitrogens with zero attached hydrogens (tertiary/aromatic N) is 1. The molecular weight excluding hydrogens is 181 g/mol. The summed E-state index contributed by atoms with van der Waals surface area (Å²) in [6.45, 7) is 3.48. The summed E-state index contributed by atoms with van der Waals surface area (Å²) >= 11 is 0. The summed E-state index contributed by atoms with van der Waals surface area (Å²) < 4.78 is 13.5. The average Bonchev–Trinajstić information content (AvgIpc) is 2.19. The SMILES string of the molecule is C=CNC(=NC)c1cccc(N)c1F. The summed E-state index contributed by atoms with van der Waals surface area (Å²) in [5.74, 6) is -0.0627.